The molecule has 0 bridgehead atoms. The van der Waals surface area contributed by atoms with Gasteiger partial charge in [-0.05, 0) is 81.1 Å². The fourth-order valence-electron chi connectivity index (χ4n) is 4.17. The molecule has 1 heterocycles. The number of likely N-dealkylation sites (N-methyl/N-ethyl adjacent to an activating group) is 1. The Morgan fingerprint density at radius 3 is 2.11 bits per heavy atom. The molecular formula is C27H32N4O3S. The first-order chi connectivity index (χ1) is 16.6. The van der Waals surface area contributed by atoms with E-state index in [1.54, 1.807) is 48.5 Å². The third kappa shape index (κ3) is 5.49. The molecular weight excluding hydrogens is 460 g/mol. The molecule has 0 aliphatic carbocycles. The summed E-state index contributed by atoms with van der Waals surface area (Å²) in [4.78, 5) is 17.7. The summed E-state index contributed by atoms with van der Waals surface area (Å²) in [5.74, 6) is -0.243. The summed E-state index contributed by atoms with van der Waals surface area (Å²) < 4.78 is 27.1. The summed E-state index contributed by atoms with van der Waals surface area (Å²) in [7, 11) is -0.0415. The largest absolute Gasteiger partial charge is 0.369 e. The number of nitrogens with one attached hydrogen (secondary N) is 1. The van der Waals surface area contributed by atoms with Crippen molar-refractivity contribution in [3.05, 3.63) is 83.4 Å². The minimum absolute atomic E-state index is 0.225. The topological polar surface area (TPSA) is 73.0 Å². The Morgan fingerprint density at radius 1 is 0.886 bits per heavy atom. The molecule has 35 heavy (non-hydrogen) atoms. The summed E-state index contributed by atoms with van der Waals surface area (Å²) >= 11 is 0. The molecule has 0 atom stereocenters. The van der Waals surface area contributed by atoms with Gasteiger partial charge in [0.15, 0.2) is 0 Å². The average Bonchev–Trinajstić information content (AvgIpc) is 2.85. The standard InChI is InChI=1S/C27H32N4O3S/c1-20-5-12-25(13-6-20)35(33,34)30(4)24-10-7-22(8-11-24)27(32)28-23-9-14-26(21(2)19-23)31-17-15-29(3)16-18-31/h5-14,19H,15-18H2,1-4H3,(H,28,32). The van der Waals surface area contributed by atoms with E-state index in [-0.39, 0.29) is 10.8 Å². The van der Waals surface area contributed by atoms with Crippen LogP contribution >= 0.6 is 0 Å². The van der Waals surface area contributed by atoms with Crippen LogP contribution in [0.25, 0.3) is 0 Å². The Labute approximate surface area is 208 Å². The van der Waals surface area contributed by atoms with Crippen molar-refractivity contribution in [2.45, 2.75) is 18.7 Å². The Hall–Kier alpha value is -3.36. The van der Waals surface area contributed by atoms with Crippen LogP contribution in [0, 0.1) is 13.8 Å². The number of sulfonamides is 1. The van der Waals surface area contributed by atoms with Crippen LogP contribution in [0.15, 0.2) is 71.6 Å². The maximum atomic E-state index is 12.9. The van der Waals surface area contributed by atoms with E-state index in [1.165, 1.54) is 17.0 Å². The van der Waals surface area contributed by atoms with Gasteiger partial charge in [0.1, 0.15) is 0 Å². The van der Waals surface area contributed by atoms with Crippen molar-refractivity contribution in [1.29, 1.82) is 0 Å². The van der Waals surface area contributed by atoms with Crippen LogP contribution in [0.3, 0.4) is 0 Å². The summed E-state index contributed by atoms with van der Waals surface area (Å²) in [6, 6.07) is 19.3. The molecule has 1 aliphatic heterocycles. The van der Waals surface area contributed by atoms with Gasteiger partial charge in [-0.2, -0.15) is 0 Å². The smallest absolute Gasteiger partial charge is 0.264 e. The van der Waals surface area contributed by atoms with Gasteiger partial charge < -0.3 is 15.1 Å². The zero-order valence-electron chi connectivity index (χ0n) is 20.7. The van der Waals surface area contributed by atoms with E-state index in [0.29, 0.717) is 11.3 Å². The Kier molecular flexibility index (Phi) is 7.14. The SMILES string of the molecule is Cc1ccc(S(=O)(=O)N(C)c2ccc(C(=O)Nc3ccc(N4CCN(C)CC4)c(C)c3)cc2)cc1. The van der Waals surface area contributed by atoms with Crippen molar-refractivity contribution >= 4 is 33.0 Å². The van der Waals surface area contributed by atoms with E-state index in [2.05, 4.69) is 35.2 Å². The van der Waals surface area contributed by atoms with Crippen molar-refractivity contribution in [2.24, 2.45) is 0 Å². The summed E-state index contributed by atoms with van der Waals surface area (Å²) in [6.07, 6.45) is 0. The molecule has 0 aromatic heterocycles. The Balaban J connectivity index is 1.43. The molecule has 1 N–H and O–H groups in total. The number of hydrogen-bond donors (Lipinski definition) is 1. The third-order valence-electron chi connectivity index (χ3n) is 6.47. The predicted molar refractivity (Wildman–Crippen MR) is 142 cm³/mol. The van der Waals surface area contributed by atoms with Gasteiger partial charge in [0, 0.05) is 50.2 Å². The molecule has 1 aliphatic rings. The summed E-state index contributed by atoms with van der Waals surface area (Å²) in [5, 5.41) is 2.95. The number of rotatable bonds is 6. The highest BCUT2D eigenvalue weighted by molar-refractivity contribution is 7.92. The summed E-state index contributed by atoms with van der Waals surface area (Å²) in [5.41, 5.74) is 4.97. The molecule has 7 nitrogen and oxygen atoms in total. The molecule has 8 heteroatoms. The van der Waals surface area contributed by atoms with Crippen LogP contribution in [-0.4, -0.2) is 59.5 Å². The number of anilines is 3. The van der Waals surface area contributed by atoms with E-state index in [4.69, 9.17) is 0 Å². The molecule has 4 rings (SSSR count). The molecule has 0 saturated carbocycles. The zero-order chi connectivity index (χ0) is 25.2. The van der Waals surface area contributed by atoms with E-state index < -0.39 is 10.0 Å². The fourth-order valence-corrected chi connectivity index (χ4v) is 5.36. The number of benzene rings is 3. The van der Waals surface area contributed by atoms with Crippen LogP contribution in [0.5, 0.6) is 0 Å². The second-order valence-electron chi connectivity index (χ2n) is 9.08. The number of carbonyl (C=O) groups is 1. The first-order valence-corrected chi connectivity index (χ1v) is 13.1. The minimum Gasteiger partial charge on any atom is -0.369 e. The van der Waals surface area contributed by atoms with Crippen molar-refractivity contribution < 1.29 is 13.2 Å². The van der Waals surface area contributed by atoms with Gasteiger partial charge in [-0.25, -0.2) is 8.42 Å². The molecule has 0 spiro atoms. The fraction of sp³-hybridized carbons (Fsp3) is 0.296. The molecule has 0 unspecified atom stereocenters. The van der Waals surface area contributed by atoms with E-state index in [0.717, 1.165) is 43.0 Å². The minimum atomic E-state index is -3.69. The highest BCUT2D eigenvalue weighted by Gasteiger charge is 2.21. The van der Waals surface area contributed by atoms with E-state index >= 15 is 0 Å². The first kappa shape index (κ1) is 24.8. The van der Waals surface area contributed by atoms with Crippen LogP contribution in [0.2, 0.25) is 0 Å². The monoisotopic (exact) mass is 492 g/mol. The summed E-state index contributed by atoms with van der Waals surface area (Å²) in [6.45, 7) is 8.02. The first-order valence-electron chi connectivity index (χ1n) is 11.7. The van der Waals surface area contributed by atoms with E-state index in [1.807, 2.05) is 19.1 Å². The van der Waals surface area contributed by atoms with Gasteiger partial charge in [0.2, 0.25) is 0 Å². The Morgan fingerprint density at radius 2 is 1.51 bits per heavy atom. The lowest BCUT2D eigenvalue weighted by atomic mass is 10.1. The molecule has 1 saturated heterocycles. The van der Waals surface area contributed by atoms with E-state index in [9.17, 15) is 13.2 Å². The third-order valence-corrected chi connectivity index (χ3v) is 8.27. The lowest BCUT2D eigenvalue weighted by Gasteiger charge is -2.35. The lowest BCUT2D eigenvalue weighted by Crippen LogP contribution is -2.44. The van der Waals surface area contributed by atoms with Crippen LogP contribution in [0.1, 0.15) is 21.5 Å². The van der Waals surface area contributed by atoms with Gasteiger partial charge in [-0.15, -0.1) is 0 Å². The van der Waals surface area contributed by atoms with Crippen molar-refractivity contribution in [3.63, 3.8) is 0 Å². The van der Waals surface area contributed by atoms with Crippen LogP contribution in [-0.2, 0) is 10.0 Å². The second kappa shape index (κ2) is 10.1. The van der Waals surface area contributed by atoms with Crippen molar-refractivity contribution in [1.82, 2.24) is 4.90 Å². The van der Waals surface area contributed by atoms with Crippen molar-refractivity contribution in [3.8, 4) is 0 Å². The number of amides is 1. The molecule has 1 fully saturated rings. The number of carbonyl (C=O) groups excluding carboxylic acids is 1. The van der Waals surface area contributed by atoms with Gasteiger partial charge in [-0.1, -0.05) is 17.7 Å². The van der Waals surface area contributed by atoms with Crippen LogP contribution < -0.4 is 14.5 Å². The molecule has 184 valence electrons. The highest BCUT2D eigenvalue weighted by Crippen LogP contribution is 2.26. The predicted octanol–water partition coefficient (Wildman–Crippen LogP) is 4.13. The van der Waals surface area contributed by atoms with Crippen LogP contribution in [0.4, 0.5) is 17.1 Å². The zero-order valence-corrected chi connectivity index (χ0v) is 21.5. The van der Waals surface area contributed by atoms with Gasteiger partial charge in [-0.3, -0.25) is 9.10 Å². The normalized spacial score (nSPS) is 14.6. The molecule has 0 radical (unpaired) electrons. The quantitative estimate of drug-likeness (QED) is 0.560. The average molecular weight is 493 g/mol. The molecule has 1 amide bonds. The van der Waals surface area contributed by atoms with Gasteiger partial charge >= 0.3 is 0 Å². The molecule has 3 aromatic carbocycles. The number of aryl methyl sites for hydroxylation is 2. The van der Waals surface area contributed by atoms with Gasteiger partial charge in [0.05, 0.1) is 10.6 Å². The number of nitrogens with zero attached hydrogens (tertiary/aromatic N) is 3. The highest BCUT2D eigenvalue weighted by atomic mass is 32.2. The Bertz CT molecular complexity index is 1300. The maximum Gasteiger partial charge on any atom is 0.264 e. The number of piperazine rings is 1. The number of hydrogen-bond acceptors (Lipinski definition) is 5. The van der Waals surface area contributed by atoms with Gasteiger partial charge in [0.25, 0.3) is 15.9 Å². The molecule has 3 aromatic rings. The van der Waals surface area contributed by atoms with Crippen molar-refractivity contribution in [2.75, 3.05) is 54.8 Å². The second-order valence-corrected chi connectivity index (χ2v) is 11.0. The maximum absolute atomic E-state index is 12.9. The lowest BCUT2D eigenvalue weighted by molar-refractivity contribution is 0.102.